The van der Waals surface area contributed by atoms with Crippen LogP contribution in [0.25, 0.3) is 0 Å². The summed E-state index contributed by atoms with van der Waals surface area (Å²) in [7, 11) is 2.11. The van der Waals surface area contributed by atoms with Gasteiger partial charge in [-0.3, -0.25) is 4.79 Å². The molecule has 1 aromatic rings. The van der Waals surface area contributed by atoms with Gasteiger partial charge in [-0.05, 0) is 85.2 Å². The largest absolute Gasteiger partial charge is 0.506 e. The summed E-state index contributed by atoms with van der Waals surface area (Å²) in [6.07, 6.45) is 0.136. The van der Waals surface area contributed by atoms with Crippen molar-refractivity contribution in [2.45, 2.75) is 89.7 Å². The molecule has 0 saturated carbocycles. The smallest absolute Gasteiger partial charge is 0.484 e. The van der Waals surface area contributed by atoms with Gasteiger partial charge in [0.1, 0.15) is 23.0 Å². The van der Waals surface area contributed by atoms with Crippen LogP contribution in [0.5, 0.6) is 5.75 Å². The number of nitrogens with zero attached hydrogens (tertiary/aromatic N) is 1. The van der Waals surface area contributed by atoms with E-state index in [-0.39, 0.29) is 12.3 Å². The van der Waals surface area contributed by atoms with Crippen LogP contribution in [-0.2, 0) is 20.7 Å². The van der Waals surface area contributed by atoms with Crippen molar-refractivity contribution in [3.8, 4) is 5.75 Å². The molecule has 0 radical (unpaired) electrons. The molecule has 1 fully saturated rings. The SMILES string of the molecule is CN1CCCC1CCNC(=O)Cc1ccc2c(c1)[C@@H](NC(=O)OC(C)(C)C)[C@H](OC(=O)O)C(C)(C)O2. The molecule has 10 nitrogen and oxygen atoms in total. The van der Waals surface area contributed by atoms with Crippen LogP contribution in [0.1, 0.15) is 71.0 Å². The predicted molar refractivity (Wildman–Crippen MR) is 133 cm³/mol. The highest BCUT2D eigenvalue weighted by Crippen LogP contribution is 2.42. The second-order valence-corrected chi connectivity index (χ2v) is 11.1. The number of benzene rings is 1. The molecule has 200 valence electrons. The molecule has 2 heterocycles. The molecule has 0 aromatic heterocycles. The topological polar surface area (TPSA) is 126 Å². The number of ether oxygens (including phenoxy) is 3. The van der Waals surface area contributed by atoms with E-state index >= 15 is 0 Å². The van der Waals surface area contributed by atoms with E-state index < -0.39 is 35.6 Å². The summed E-state index contributed by atoms with van der Waals surface area (Å²) < 4.78 is 16.6. The van der Waals surface area contributed by atoms with Crippen molar-refractivity contribution in [2.24, 2.45) is 0 Å². The minimum Gasteiger partial charge on any atom is -0.484 e. The van der Waals surface area contributed by atoms with Crippen LogP contribution in [0, 0.1) is 0 Å². The second-order valence-electron chi connectivity index (χ2n) is 11.1. The van der Waals surface area contributed by atoms with Crippen LogP contribution in [0.2, 0.25) is 0 Å². The average Bonchev–Trinajstić information content (AvgIpc) is 3.14. The van der Waals surface area contributed by atoms with Crippen LogP contribution in [-0.4, -0.2) is 71.6 Å². The van der Waals surface area contributed by atoms with Gasteiger partial charge in [-0.15, -0.1) is 0 Å². The maximum absolute atomic E-state index is 12.6. The molecule has 0 spiro atoms. The lowest BCUT2D eigenvalue weighted by atomic mass is 9.85. The quantitative estimate of drug-likeness (QED) is 0.480. The molecule has 3 rings (SSSR count). The Morgan fingerprint density at radius 2 is 1.97 bits per heavy atom. The summed E-state index contributed by atoms with van der Waals surface area (Å²) in [6.45, 7) is 10.3. The van der Waals surface area contributed by atoms with Crippen LogP contribution in [0.3, 0.4) is 0 Å². The Hall–Kier alpha value is -3.01. The van der Waals surface area contributed by atoms with Crippen LogP contribution < -0.4 is 15.4 Å². The molecule has 3 N–H and O–H groups in total. The van der Waals surface area contributed by atoms with Gasteiger partial charge >= 0.3 is 12.2 Å². The third-order valence-corrected chi connectivity index (χ3v) is 6.51. The van der Waals surface area contributed by atoms with Crippen molar-refractivity contribution >= 4 is 18.2 Å². The molecule has 0 aliphatic carbocycles. The van der Waals surface area contributed by atoms with Crippen LogP contribution >= 0.6 is 0 Å². The standard InChI is InChI=1S/C26H39N3O7/c1-25(2,3)36-23(31)28-21-18-14-16(15-20(30)27-12-11-17-8-7-13-29(17)6)9-10-19(18)35-26(4,5)22(21)34-24(32)33/h9-10,14,17,21-22H,7-8,11-13,15H2,1-6H3,(H,27,30)(H,28,31)(H,32,33)/t17?,21-,22+/m1/s1. The first kappa shape index (κ1) is 27.6. The molecule has 2 aliphatic heterocycles. The van der Waals surface area contributed by atoms with E-state index in [0.717, 1.165) is 19.4 Å². The van der Waals surface area contributed by atoms with E-state index in [1.54, 1.807) is 52.8 Å². The predicted octanol–water partition coefficient (Wildman–Crippen LogP) is 3.63. The van der Waals surface area contributed by atoms with E-state index in [9.17, 15) is 19.5 Å². The van der Waals surface area contributed by atoms with Crippen molar-refractivity contribution in [1.29, 1.82) is 0 Å². The number of carbonyl (C=O) groups excluding carboxylic acids is 2. The van der Waals surface area contributed by atoms with Crippen molar-refractivity contribution in [3.63, 3.8) is 0 Å². The van der Waals surface area contributed by atoms with E-state index in [2.05, 4.69) is 22.6 Å². The van der Waals surface area contributed by atoms with Crippen molar-refractivity contribution in [1.82, 2.24) is 15.5 Å². The zero-order valence-electron chi connectivity index (χ0n) is 22.1. The number of likely N-dealkylation sites (tertiary alicyclic amines) is 1. The molecule has 36 heavy (non-hydrogen) atoms. The van der Waals surface area contributed by atoms with Gasteiger partial charge < -0.3 is 34.9 Å². The zero-order chi connectivity index (χ0) is 26.7. The third kappa shape index (κ3) is 7.25. The molecule has 1 saturated heterocycles. The van der Waals surface area contributed by atoms with Crippen molar-refractivity contribution < 1.29 is 33.7 Å². The number of alkyl carbamates (subject to hydrolysis) is 1. The summed E-state index contributed by atoms with van der Waals surface area (Å²) in [6, 6.07) is 4.89. The van der Waals surface area contributed by atoms with Crippen molar-refractivity contribution in [3.05, 3.63) is 29.3 Å². The first-order chi connectivity index (χ1) is 16.7. The van der Waals surface area contributed by atoms with E-state index in [1.807, 2.05) is 0 Å². The van der Waals surface area contributed by atoms with E-state index in [0.29, 0.717) is 29.5 Å². The minimum absolute atomic E-state index is 0.109. The average molecular weight is 506 g/mol. The normalized spacial score (nSPS) is 23.2. The van der Waals surface area contributed by atoms with Gasteiger partial charge in [-0.1, -0.05) is 6.07 Å². The summed E-state index contributed by atoms with van der Waals surface area (Å²) in [5, 5.41) is 15.1. The molecule has 1 unspecified atom stereocenters. The Balaban J connectivity index is 1.77. The van der Waals surface area contributed by atoms with Crippen LogP contribution in [0.15, 0.2) is 18.2 Å². The Labute approximate surface area is 212 Å². The van der Waals surface area contributed by atoms with Gasteiger partial charge in [0.25, 0.3) is 0 Å². The maximum atomic E-state index is 12.6. The maximum Gasteiger partial charge on any atom is 0.506 e. The third-order valence-electron chi connectivity index (χ3n) is 6.51. The first-order valence-electron chi connectivity index (χ1n) is 12.4. The molecule has 0 bridgehead atoms. The monoisotopic (exact) mass is 505 g/mol. The van der Waals surface area contributed by atoms with Crippen molar-refractivity contribution in [2.75, 3.05) is 20.1 Å². The summed E-state index contributed by atoms with van der Waals surface area (Å²) in [5.74, 6) is 0.363. The Morgan fingerprint density at radius 3 is 2.58 bits per heavy atom. The molecule has 3 atom stereocenters. The molecule has 1 aromatic carbocycles. The second kappa shape index (κ2) is 10.9. The number of carbonyl (C=O) groups is 3. The Bertz CT molecular complexity index is 973. The number of rotatable bonds is 7. The number of amides is 2. The number of hydrogen-bond acceptors (Lipinski definition) is 7. The fraction of sp³-hybridized carbons (Fsp3) is 0.654. The van der Waals surface area contributed by atoms with Gasteiger partial charge in [0.15, 0.2) is 6.10 Å². The molecule has 10 heteroatoms. The lowest BCUT2D eigenvalue weighted by Gasteiger charge is -2.43. The highest BCUT2D eigenvalue weighted by atomic mass is 16.7. The summed E-state index contributed by atoms with van der Waals surface area (Å²) in [4.78, 5) is 39.1. The first-order valence-corrected chi connectivity index (χ1v) is 12.4. The minimum atomic E-state index is -1.49. The van der Waals surface area contributed by atoms with Gasteiger partial charge in [0.05, 0.1) is 6.42 Å². The fourth-order valence-electron chi connectivity index (χ4n) is 4.83. The summed E-state index contributed by atoms with van der Waals surface area (Å²) >= 11 is 0. The number of carboxylic acid groups (broad SMARTS) is 1. The Kier molecular flexibility index (Phi) is 8.38. The molecule has 2 amide bonds. The molecule has 2 aliphatic rings. The highest BCUT2D eigenvalue weighted by molar-refractivity contribution is 5.78. The Morgan fingerprint density at radius 1 is 1.25 bits per heavy atom. The van der Waals surface area contributed by atoms with Gasteiger partial charge in [-0.25, -0.2) is 9.59 Å². The number of fused-ring (bicyclic) bond motifs is 1. The molecular weight excluding hydrogens is 466 g/mol. The lowest BCUT2D eigenvalue weighted by molar-refractivity contribution is -0.120. The summed E-state index contributed by atoms with van der Waals surface area (Å²) in [5.41, 5.74) is -0.594. The van der Waals surface area contributed by atoms with Gasteiger partial charge in [0.2, 0.25) is 5.91 Å². The fourth-order valence-corrected chi connectivity index (χ4v) is 4.83. The number of hydrogen-bond donors (Lipinski definition) is 3. The van der Waals surface area contributed by atoms with E-state index in [4.69, 9.17) is 14.2 Å². The van der Waals surface area contributed by atoms with Crippen LogP contribution in [0.4, 0.5) is 9.59 Å². The van der Waals surface area contributed by atoms with Gasteiger partial charge in [0, 0.05) is 18.2 Å². The molecular formula is C26H39N3O7. The number of nitrogens with one attached hydrogen (secondary N) is 2. The lowest BCUT2D eigenvalue weighted by Crippen LogP contribution is -2.55. The van der Waals surface area contributed by atoms with E-state index in [1.165, 1.54) is 6.42 Å². The highest BCUT2D eigenvalue weighted by Gasteiger charge is 2.48. The zero-order valence-corrected chi connectivity index (χ0v) is 22.1. The van der Waals surface area contributed by atoms with Gasteiger partial charge in [-0.2, -0.15) is 0 Å².